The fourth-order valence-electron chi connectivity index (χ4n) is 7.19. The van der Waals surface area contributed by atoms with Gasteiger partial charge in [0.05, 0.1) is 12.8 Å². The van der Waals surface area contributed by atoms with Crippen molar-refractivity contribution >= 4 is 17.7 Å². The first-order valence-electron chi connectivity index (χ1n) is 15.5. The Morgan fingerprint density at radius 2 is 1.80 bits per heavy atom. The number of amides is 1. The summed E-state index contributed by atoms with van der Waals surface area (Å²) in [6, 6.07) is 15.7. The Hall–Kier alpha value is -4.07. The van der Waals surface area contributed by atoms with E-state index in [4.69, 9.17) is 9.47 Å². The van der Waals surface area contributed by atoms with Gasteiger partial charge in [0.2, 0.25) is 11.8 Å². The number of rotatable bonds is 9. The van der Waals surface area contributed by atoms with Gasteiger partial charge in [-0.15, -0.1) is 0 Å². The third-order valence-corrected chi connectivity index (χ3v) is 9.57. The van der Waals surface area contributed by atoms with Crippen LogP contribution in [0.2, 0.25) is 0 Å². The summed E-state index contributed by atoms with van der Waals surface area (Å²) in [7, 11) is 1.55. The third kappa shape index (κ3) is 5.99. The van der Waals surface area contributed by atoms with Crippen molar-refractivity contribution in [3.05, 3.63) is 93.9 Å². The van der Waals surface area contributed by atoms with Crippen molar-refractivity contribution in [2.45, 2.75) is 76.9 Å². The quantitative estimate of drug-likeness (QED) is 0.287. The van der Waals surface area contributed by atoms with Gasteiger partial charge in [-0.1, -0.05) is 50.2 Å². The molecule has 7 nitrogen and oxygen atoms in total. The highest BCUT2D eigenvalue weighted by atomic mass is 19.1. The van der Waals surface area contributed by atoms with Crippen LogP contribution >= 0.6 is 0 Å². The third-order valence-electron chi connectivity index (χ3n) is 9.57. The first kappa shape index (κ1) is 30.0. The minimum atomic E-state index is -0.813. The number of Topliss-reactive ketones (excluding diaryl/α,β-unsaturated/α-hetero) is 1. The molecule has 1 fully saturated rings. The van der Waals surface area contributed by atoms with Gasteiger partial charge in [-0.25, -0.2) is 9.37 Å². The number of aromatic nitrogens is 1. The fourth-order valence-corrected chi connectivity index (χ4v) is 7.19. The first-order chi connectivity index (χ1) is 21.1. The van der Waals surface area contributed by atoms with E-state index in [9.17, 15) is 14.4 Å². The van der Waals surface area contributed by atoms with E-state index in [0.717, 1.165) is 35.2 Å². The van der Waals surface area contributed by atoms with Crippen molar-refractivity contribution in [1.82, 2.24) is 9.88 Å². The molecule has 44 heavy (non-hydrogen) atoms. The number of ether oxygens (including phenoxy) is 2. The molecule has 1 aliphatic heterocycles. The van der Waals surface area contributed by atoms with Crippen LogP contribution in [-0.4, -0.2) is 41.2 Å². The highest BCUT2D eigenvalue weighted by Crippen LogP contribution is 2.42. The molecule has 0 bridgehead atoms. The van der Waals surface area contributed by atoms with E-state index >= 15 is 4.39 Å². The SMILES string of the molecule is COc1ccc2c(n1)CCN(C(=O)C1CC(CC(=O)OCc3ccccc3)C1)[C@H]2C(=O)Cc1cc(F)c2c(c1)CCC2(C)C. The van der Waals surface area contributed by atoms with E-state index in [2.05, 4.69) is 18.8 Å². The average molecular weight is 599 g/mol. The molecule has 2 heterocycles. The molecule has 2 aliphatic carbocycles. The number of esters is 1. The van der Waals surface area contributed by atoms with E-state index < -0.39 is 6.04 Å². The fraction of sp³-hybridized carbons (Fsp3) is 0.444. The molecule has 0 unspecified atom stereocenters. The van der Waals surface area contributed by atoms with Crippen LogP contribution in [0, 0.1) is 17.7 Å². The summed E-state index contributed by atoms with van der Waals surface area (Å²) in [6.07, 6.45) is 3.61. The Morgan fingerprint density at radius 1 is 1.02 bits per heavy atom. The van der Waals surface area contributed by atoms with Crippen LogP contribution in [0.3, 0.4) is 0 Å². The van der Waals surface area contributed by atoms with Crippen LogP contribution in [0.4, 0.5) is 4.39 Å². The van der Waals surface area contributed by atoms with Gasteiger partial charge in [-0.05, 0) is 71.4 Å². The van der Waals surface area contributed by atoms with Gasteiger partial charge >= 0.3 is 5.97 Å². The van der Waals surface area contributed by atoms with Gasteiger partial charge in [0.25, 0.3) is 0 Å². The molecule has 0 radical (unpaired) electrons. The Labute approximate surface area is 257 Å². The standard InChI is InChI=1S/C36H39FN2O5/c1-36(2)13-11-25-15-24(18-28(37)33(25)36)19-30(40)34-27-9-10-31(43-3)38-29(27)12-14-39(34)35(42)26-16-23(17-26)20-32(41)44-21-22-7-5-4-6-8-22/h4-10,15,18,23,26,34H,11-14,16-17,19-21H2,1-3H3/t23?,26?,34-/m1/s1. The number of nitrogens with zero attached hydrogens (tertiary/aromatic N) is 2. The van der Waals surface area contributed by atoms with Crippen LogP contribution in [0.25, 0.3) is 0 Å². The number of hydrogen-bond acceptors (Lipinski definition) is 6. The monoisotopic (exact) mass is 598 g/mol. The maximum absolute atomic E-state index is 15.3. The number of methoxy groups -OCH3 is 1. The Balaban J connectivity index is 1.15. The zero-order chi connectivity index (χ0) is 31.0. The van der Waals surface area contributed by atoms with Crippen molar-refractivity contribution in [3.8, 4) is 5.88 Å². The number of fused-ring (bicyclic) bond motifs is 2. The number of hydrogen-bond donors (Lipinski definition) is 0. The molecule has 1 amide bonds. The van der Waals surface area contributed by atoms with Gasteiger partial charge in [0, 0.05) is 43.4 Å². The second kappa shape index (κ2) is 12.1. The number of halogens is 1. The van der Waals surface area contributed by atoms with E-state index in [1.165, 1.54) is 6.07 Å². The van der Waals surface area contributed by atoms with Gasteiger partial charge in [0.1, 0.15) is 18.5 Å². The minimum Gasteiger partial charge on any atom is -0.481 e. The second-order valence-electron chi connectivity index (χ2n) is 13.1. The zero-order valence-corrected chi connectivity index (χ0v) is 25.6. The lowest BCUT2D eigenvalue weighted by Crippen LogP contribution is -2.49. The molecule has 1 saturated carbocycles. The molecule has 1 aromatic heterocycles. The van der Waals surface area contributed by atoms with Crippen molar-refractivity contribution in [1.29, 1.82) is 0 Å². The van der Waals surface area contributed by atoms with Crippen molar-refractivity contribution < 1.29 is 28.2 Å². The van der Waals surface area contributed by atoms with E-state index in [1.807, 2.05) is 42.5 Å². The number of pyridine rings is 1. The predicted molar refractivity (Wildman–Crippen MR) is 162 cm³/mol. The van der Waals surface area contributed by atoms with Gasteiger partial charge < -0.3 is 14.4 Å². The van der Waals surface area contributed by atoms with Crippen molar-refractivity contribution in [2.75, 3.05) is 13.7 Å². The number of ketones is 1. The predicted octanol–water partition coefficient (Wildman–Crippen LogP) is 5.85. The Bertz CT molecular complexity index is 1580. The Kier molecular flexibility index (Phi) is 8.27. The van der Waals surface area contributed by atoms with Crippen LogP contribution in [0.5, 0.6) is 5.88 Å². The molecular formula is C36H39FN2O5. The highest BCUT2D eigenvalue weighted by molar-refractivity contribution is 5.93. The summed E-state index contributed by atoms with van der Waals surface area (Å²) in [5.74, 6) is -0.510. The molecule has 230 valence electrons. The number of carbonyl (C=O) groups is 3. The van der Waals surface area contributed by atoms with Crippen LogP contribution in [-0.2, 0) is 50.4 Å². The van der Waals surface area contributed by atoms with Crippen molar-refractivity contribution in [2.24, 2.45) is 11.8 Å². The summed E-state index contributed by atoms with van der Waals surface area (Å²) in [5, 5.41) is 0. The van der Waals surface area contributed by atoms with E-state index in [-0.39, 0.29) is 60.2 Å². The molecule has 3 aliphatic rings. The molecule has 1 atom stereocenters. The number of carbonyl (C=O) groups excluding carboxylic acids is 3. The molecule has 2 aromatic carbocycles. The summed E-state index contributed by atoms with van der Waals surface area (Å²) < 4.78 is 26.0. The minimum absolute atomic E-state index is 0.0189. The Morgan fingerprint density at radius 3 is 2.55 bits per heavy atom. The van der Waals surface area contributed by atoms with Crippen LogP contribution in [0.1, 0.15) is 79.1 Å². The molecule has 3 aromatic rings. The van der Waals surface area contributed by atoms with Crippen LogP contribution < -0.4 is 4.74 Å². The van der Waals surface area contributed by atoms with Crippen molar-refractivity contribution in [3.63, 3.8) is 0 Å². The van der Waals surface area contributed by atoms with Crippen LogP contribution in [0.15, 0.2) is 54.6 Å². The zero-order valence-electron chi connectivity index (χ0n) is 25.6. The van der Waals surface area contributed by atoms with Gasteiger partial charge in [-0.2, -0.15) is 0 Å². The smallest absolute Gasteiger partial charge is 0.306 e. The molecule has 0 N–H and O–H groups in total. The maximum atomic E-state index is 15.3. The summed E-state index contributed by atoms with van der Waals surface area (Å²) >= 11 is 0. The summed E-state index contributed by atoms with van der Waals surface area (Å²) in [5.41, 5.74) is 4.47. The van der Waals surface area contributed by atoms with E-state index in [1.54, 1.807) is 18.1 Å². The maximum Gasteiger partial charge on any atom is 0.306 e. The molecule has 0 spiro atoms. The molecular weight excluding hydrogens is 559 g/mol. The molecule has 0 saturated heterocycles. The van der Waals surface area contributed by atoms with Gasteiger partial charge in [-0.3, -0.25) is 14.4 Å². The highest BCUT2D eigenvalue weighted by Gasteiger charge is 2.43. The average Bonchev–Trinajstić information content (AvgIpc) is 3.31. The lowest BCUT2D eigenvalue weighted by molar-refractivity contribution is -0.152. The molecule has 8 heteroatoms. The second-order valence-corrected chi connectivity index (χ2v) is 13.1. The number of benzene rings is 2. The normalized spacial score (nSPS) is 21.5. The first-order valence-corrected chi connectivity index (χ1v) is 15.5. The van der Waals surface area contributed by atoms with E-state index in [0.29, 0.717) is 42.8 Å². The topological polar surface area (TPSA) is 85.8 Å². The largest absolute Gasteiger partial charge is 0.481 e. The lowest BCUT2D eigenvalue weighted by Gasteiger charge is -2.42. The summed E-state index contributed by atoms with van der Waals surface area (Å²) in [6.45, 7) is 4.69. The summed E-state index contributed by atoms with van der Waals surface area (Å²) in [4.78, 5) is 46.6. The lowest BCUT2D eigenvalue weighted by atomic mass is 9.72. The molecule has 6 rings (SSSR count). The van der Waals surface area contributed by atoms with Gasteiger partial charge in [0.15, 0.2) is 5.78 Å². The number of aryl methyl sites for hydroxylation is 1.